The van der Waals surface area contributed by atoms with Crippen LogP contribution in [0.2, 0.25) is 0 Å². The molecular formula is C10H22N2O. The minimum Gasteiger partial charge on any atom is -0.392 e. The van der Waals surface area contributed by atoms with Crippen LogP contribution in [0.3, 0.4) is 0 Å². The summed E-state index contributed by atoms with van der Waals surface area (Å²) in [6, 6.07) is 0.322. The van der Waals surface area contributed by atoms with Gasteiger partial charge in [-0.05, 0) is 25.8 Å². The van der Waals surface area contributed by atoms with E-state index in [0.29, 0.717) is 6.04 Å². The first kappa shape index (κ1) is 11.0. The molecule has 1 rings (SSSR count). The summed E-state index contributed by atoms with van der Waals surface area (Å²) in [7, 11) is 0. The summed E-state index contributed by atoms with van der Waals surface area (Å²) in [5.74, 6) is 0. The monoisotopic (exact) mass is 186 g/mol. The van der Waals surface area contributed by atoms with Gasteiger partial charge in [0.15, 0.2) is 0 Å². The lowest BCUT2D eigenvalue weighted by Gasteiger charge is -2.32. The van der Waals surface area contributed by atoms with Crippen molar-refractivity contribution in [1.29, 1.82) is 0 Å². The molecule has 1 aliphatic heterocycles. The minimum atomic E-state index is -0.157. The van der Waals surface area contributed by atoms with E-state index in [-0.39, 0.29) is 6.10 Å². The zero-order chi connectivity index (χ0) is 9.68. The molecule has 2 unspecified atom stereocenters. The summed E-state index contributed by atoms with van der Waals surface area (Å²) in [5.41, 5.74) is 5.85. The Morgan fingerprint density at radius 2 is 2.38 bits per heavy atom. The molecule has 0 aliphatic carbocycles. The molecule has 0 radical (unpaired) electrons. The second-order valence-corrected chi connectivity index (χ2v) is 4.10. The molecule has 1 fully saturated rings. The summed E-state index contributed by atoms with van der Waals surface area (Å²) < 4.78 is 0. The maximum absolute atomic E-state index is 9.61. The first-order valence-electron chi connectivity index (χ1n) is 5.38. The maximum Gasteiger partial charge on any atom is 0.0667 e. The molecule has 13 heavy (non-hydrogen) atoms. The van der Waals surface area contributed by atoms with Gasteiger partial charge in [-0.15, -0.1) is 0 Å². The lowest BCUT2D eigenvalue weighted by molar-refractivity contribution is 0.0896. The predicted octanol–water partition coefficient (Wildman–Crippen LogP) is 0.571. The third-order valence-corrected chi connectivity index (χ3v) is 2.63. The molecule has 0 amide bonds. The molecule has 3 nitrogen and oxygen atoms in total. The Kier molecular flexibility index (Phi) is 4.70. The Morgan fingerprint density at radius 1 is 1.62 bits per heavy atom. The second kappa shape index (κ2) is 5.58. The van der Waals surface area contributed by atoms with Crippen molar-refractivity contribution < 1.29 is 5.11 Å². The van der Waals surface area contributed by atoms with Crippen molar-refractivity contribution in [2.75, 3.05) is 19.6 Å². The van der Waals surface area contributed by atoms with Crippen LogP contribution in [0.15, 0.2) is 0 Å². The molecule has 1 saturated heterocycles. The first-order valence-corrected chi connectivity index (χ1v) is 5.38. The molecule has 3 N–H and O–H groups in total. The van der Waals surface area contributed by atoms with E-state index in [4.69, 9.17) is 5.73 Å². The molecule has 0 aromatic carbocycles. The number of likely N-dealkylation sites (tertiary alicyclic amines) is 1. The lowest BCUT2D eigenvalue weighted by atomic mass is 10.1. The number of nitrogens with two attached hydrogens (primary N) is 1. The molecule has 1 heterocycles. The van der Waals surface area contributed by atoms with E-state index in [1.54, 1.807) is 0 Å². The largest absolute Gasteiger partial charge is 0.392 e. The summed E-state index contributed by atoms with van der Waals surface area (Å²) in [6.45, 7) is 4.97. The number of aliphatic hydroxyl groups excluding tert-OH is 1. The average Bonchev–Trinajstić information content (AvgIpc) is 2.04. The van der Waals surface area contributed by atoms with E-state index < -0.39 is 0 Å². The highest BCUT2D eigenvalue weighted by Crippen LogP contribution is 2.09. The smallest absolute Gasteiger partial charge is 0.0667 e. The van der Waals surface area contributed by atoms with Crippen LogP contribution in [0, 0.1) is 0 Å². The van der Waals surface area contributed by atoms with Gasteiger partial charge in [-0.3, -0.25) is 4.90 Å². The second-order valence-electron chi connectivity index (χ2n) is 4.10. The van der Waals surface area contributed by atoms with Gasteiger partial charge in [-0.25, -0.2) is 0 Å². The van der Waals surface area contributed by atoms with Gasteiger partial charge < -0.3 is 10.8 Å². The van der Waals surface area contributed by atoms with Gasteiger partial charge in [-0.1, -0.05) is 13.3 Å². The third-order valence-electron chi connectivity index (χ3n) is 2.63. The van der Waals surface area contributed by atoms with E-state index in [9.17, 15) is 5.11 Å². The van der Waals surface area contributed by atoms with Crippen LogP contribution in [0.5, 0.6) is 0 Å². The fraction of sp³-hybridized carbons (Fsp3) is 1.00. The van der Waals surface area contributed by atoms with Gasteiger partial charge in [0, 0.05) is 19.1 Å². The summed E-state index contributed by atoms with van der Waals surface area (Å²) in [6.07, 6.45) is 4.13. The van der Waals surface area contributed by atoms with Gasteiger partial charge in [0.1, 0.15) is 0 Å². The van der Waals surface area contributed by atoms with Crippen molar-refractivity contribution in [3.63, 3.8) is 0 Å². The number of piperidine rings is 1. The number of β-amino-alcohol motifs (C(OH)–C–C–N with tert-alkyl or cyclic N) is 1. The zero-order valence-corrected chi connectivity index (χ0v) is 8.58. The molecule has 2 atom stereocenters. The number of nitrogens with zero attached hydrogens (tertiary/aromatic N) is 1. The van der Waals surface area contributed by atoms with Gasteiger partial charge in [0.05, 0.1) is 6.10 Å². The zero-order valence-electron chi connectivity index (χ0n) is 8.58. The summed E-state index contributed by atoms with van der Waals surface area (Å²) in [5, 5.41) is 9.61. The summed E-state index contributed by atoms with van der Waals surface area (Å²) >= 11 is 0. The van der Waals surface area contributed by atoms with E-state index >= 15 is 0 Å². The Hall–Kier alpha value is -0.120. The van der Waals surface area contributed by atoms with Crippen LogP contribution < -0.4 is 5.73 Å². The van der Waals surface area contributed by atoms with Gasteiger partial charge in [0.2, 0.25) is 0 Å². The molecule has 0 spiro atoms. The van der Waals surface area contributed by atoms with E-state index in [0.717, 1.165) is 38.9 Å². The highest BCUT2D eigenvalue weighted by molar-refractivity contribution is 4.76. The van der Waals surface area contributed by atoms with Crippen molar-refractivity contribution >= 4 is 0 Å². The molecular weight excluding hydrogens is 164 g/mol. The van der Waals surface area contributed by atoms with Crippen LogP contribution in [0.1, 0.15) is 32.6 Å². The van der Waals surface area contributed by atoms with Crippen LogP contribution in [-0.4, -0.2) is 41.8 Å². The van der Waals surface area contributed by atoms with Crippen molar-refractivity contribution in [2.24, 2.45) is 5.73 Å². The Bertz CT molecular complexity index is 141. The highest BCUT2D eigenvalue weighted by Gasteiger charge is 2.18. The standard InChI is InChI=1S/C10H22N2O/c1-2-4-10(13)8-12-6-3-5-9(11)7-12/h9-10,13H,2-8,11H2,1H3. The summed E-state index contributed by atoms with van der Waals surface area (Å²) in [4.78, 5) is 2.29. The fourth-order valence-electron chi connectivity index (χ4n) is 1.98. The molecule has 0 aromatic heterocycles. The Morgan fingerprint density at radius 3 is 3.00 bits per heavy atom. The topological polar surface area (TPSA) is 49.5 Å². The van der Waals surface area contributed by atoms with Crippen molar-refractivity contribution in [1.82, 2.24) is 4.90 Å². The van der Waals surface area contributed by atoms with Crippen molar-refractivity contribution in [3.05, 3.63) is 0 Å². The molecule has 0 saturated carbocycles. The van der Waals surface area contributed by atoms with Crippen LogP contribution in [-0.2, 0) is 0 Å². The van der Waals surface area contributed by atoms with E-state index in [1.807, 2.05) is 0 Å². The number of aliphatic hydroxyl groups is 1. The van der Waals surface area contributed by atoms with Crippen molar-refractivity contribution in [3.8, 4) is 0 Å². The minimum absolute atomic E-state index is 0.157. The SMILES string of the molecule is CCCC(O)CN1CCCC(N)C1. The molecule has 0 aromatic rings. The van der Waals surface area contributed by atoms with E-state index in [2.05, 4.69) is 11.8 Å². The fourth-order valence-corrected chi connectivity index (χ4v) is 1.98. The molecule has 3 heteroatoms. The molecule has 78 valence electrons. The molecule has 1 aliphatic rings. The van der Waals surface area contributed by atoms with Gasteiger partial charge >= 0.3 is 0 Å². The molecule has 0 bridgehead atoms. The van der Waals surface area contributed by atoms with Crippen LogP contribution in [0.4, 0.5) is 0 Å². The lowest BCUT2D eigenvalue weighted by Crippen LogP contribution is -2.45. The number of hydrogen-bond acceptors (Lipinski definition) is 3. The Labute approximate surface area is 80.9 Å². The first-order chi connectivity index (χ1) is 6.22. The van der Waals surface area contributed by atoms with E-state index in [1.165, 1.54) is 6.42 Å². The quantitative estimate of drug-likeness (QED) is 0.675. The van der Waals surface area contributed by atoms with Gasteiger partial charge in [-0.2, -0.15) is 0 Å². The van der Waals surface area contributed by atoms with Gasteiger partial charge in [0.25, 0.3) is 0 Å². The average molecular weight is 186 g/mol. The number of rotatable bonds is 4. The Balaban J connectivity index is 2.19. The maximum atomic E-state index is 9.61. The predicted molar refractivity (Wildman–Crippen MR) is 54.6 cm³/mol. The third kappa shape index (κ3) is 4.07. The van der Waals surface area contributed by atoms with Crippen LogP contribution in [0.25, 0.3) is 0 Å². The highest BCUT2D eigenvalue weighted by atomic mass is 16.3. The van der Waals surface area contributed by atoms with Crippen molar-refractivity contribution in [2.45, 2.75) is 44.8 Å². The normalized spacial score (nSPS) is 27.5. The number of hydrogen-bond donors (Lipinski definition) is 2. The van der Waals surface area contributed by atoms with Crippen LogP contribution >= 0.6 is 0 Å².